The summed E-state index contributed by atoms with van der Waals surface area (Å²) < 4.78 is 0. The first-order valence-electron chi connectivity index (χ1n) is 6.15. The molecule has 1 rings (SSSR count). The molecule has 0 aliphatic heterocycles. The van der Waals surface area contributed by atoms with Crippen molar-refractivity contribution in [2.75, 3.05) is 30.9 Å². The summed E-state index contributed by atoms with van der Waals surface area (Å²) in [6, 6.07) is 0. The predicted molar refractivity (Wildman–Crippen MR) is 75.0 cm³/mol. The van der Waals surface area contributed by atoms with Gasteiger partial charge in [-0.1, -0.05) is 13.8 Å². The molecule has 0 aliphatic carbocycles. The molecule has 0 bridgehead atoms. The van der Waals surface area contributed by atoms with Crippen molar-refractivity contribution >= 4 is 11.9 Å². The second kappa shape index (κ2) is 5.48. The van der Waals surface area contributed by atoms with E-state index in [2.05, 4.69) is 34.1 Å². The lowest BCUT2D eigenvalue weighted by molar-refractivity contribution is 0.547. The fourth-order valence-corrected chi connectivity index (χ4v) is 1.22. The van der Waals surface area contributed by atoms with Crippen LogP contribution in [0.3, 0.4) is 0 Å². The molecule has 0 radical (unpaired) electrons. The molecule has 1 aromatic rings. The third-order valence-electron chi connectivity index (χ3n) is 2.26. The molecule has 6 heteroatoms. The highest BCUT2D eigenvalue weighted by Gasteiger charge is 2.14. The number of hydrogen-bond acceptors (Lipinski definition) is 6. The van der Waals surface area contributed by atoms with E-state index in [0.29, 0.717) is 18.4 Å². The summed E-state index contributed by atoms with van der Waals surface area (Å²) in [7, 11) is 3.83. The highest BCUT2D eigenvalue weighted by atomic mass is 15.3. The van der Waals surface area contributed by atoms with E-state index in [-0.39, 0.29) is 11.5 Å². The molecule has 1 aromatic heterocycles. The number of rotatable bonds is 5. The van der Waals surface area contributed by atoms with Gasteiger partial charge in [0.25, 0.3) is 0 Å². The van der Waals surface area contributed by atoms with Crippen LogP contribution in [0.2, 0.25) is 0 Å². The third-order valence-corrected chi connectivity index (χ3v) is 2.26. The maximum atomic E-state index is 5.93. The summed E-state index contributed by atoms with van der Waals surface area (Å²) >= 11 is 0. The molecule has 0 saturated carbocycles. The summed E-state index contributed by atoms with van der Waals surface area (Å²) in [5, 5.41) is 3.16. The lowest BCUT2D eigenvalue weighted by atomic mass is 10.1. The van der Waals surface area contributed by atoms with Crippen molar-refractivity contribution in [3.8, 4) is 0 Å². The standard InChI is InChI=1S/C12H24N6/c1-8(2)9-15-10(14-7-12(3,4)13)17-11(16-9)18(5)6/h8H,7,13H2,1-6H3,(H,14,15,16,17). The van der Waals surface area contributed by atoms with Crippen molar-refractivity contribution in [2.45, 2.75) is 39.2 Å². The van der Waals surface area contributed by atoms with Gasteiger partial charge in [-0.3, -0.25) is 0 Å². The van der Waals surface area contributed by atoms with Crippen molar-refractivity contribution in [2.24, 2.45) is 5.73 Å². The van der Waals surface area contributed by atoms with Crippen LogP contribution in [-0.4, -0.2) is 41.1 Å². The fourth-order valence-electron chi connectivity index (χ4n) is 1.22. The van der Waals surface area contributed by atoms with E-state index in [4.69, 9.17) is 5.73 Å². The number of aromatic nitrogens is 3. The molecule has 0 fully saturated rings. The normalized spacial score (nSPS) is 11.8. The van der Waals surface area contributed by atoms with Gasteiger partial charge >= 0.3 is 0 Å². The molecule has 0 aromatic carbocycles. The van der Waals surface area contributed by atoms with Crippen LogP contribution in [0.1, 0.15) is 39.4 Å². The van der Waals surface area contributed by atoms with Gasteiger partial charge in [0.1, 0.15) is 5.82 Å². The summed E-state index contributed by atoms with van der Waals surface area (Å²) in [6.45, 7) is 8.65. The Kier molecular flexibility index (Phi) is 4.45. The highest BCUT2D eigenvalue weighted by molar-refractivity contribution is 5.36. The average Bonchev–Trinajstić information content (AvgIpc) is 2.25. The van der Waals surface area contributed by atoms with E-state index in [1.54, 1.807) is 0 Å². The molecule has 6 nitrogen and oxygen atoms in total. The van der Waals surface area contributed by atoms with Gasteiger partial charge in [0.15, 0.2) is 0 Å². The van der Waals surface area contributed by atoms with Crippen LogP contribution in [0.5, 0.6) is 0 Å². The van der Waals surface area contributed by atoms with Crippen LogP contribution in [-0.2, 0) is 0 Å². The second-order valence-corrected chi connectivity index (χ2v) is 5.71. The Labute approximate surface area is 109 Å². The minimum absolute atomic E-state index is 0.262. The van der Waals surface area contributed by atoms with Crippen LogP contribution < -0.4 is 16.0 Å². The maximum absolute atomic E-state index is 5.93. The Hall–Kier alpha value is -1.43. The van der Waals surface area contributed by atoms with Gasteiger partial charge in [-0.15, -0.1) is 0 Å². The zero-order valence-corrected chi connectivity index (χ0v) is 12.2. The van der Waals surface area contributed by atoms with Gasteiger partial charge < -0.3 is 16.0 Å². The SMILES string of the molecule is CC(C)c1nc(NCC(C)(C)N)nc(N(C)C)n1. The molecular weight excluding hydrogens is 228 g/mol. The molecule has 0 atom stereocenters. The van der Waals surface area contributed by atoms with Crippen LogP contribution in [0, 0.1) is 0 Å². The van der Waals surface area contributed by atoms with Crippen molar-refractivity contribution in [3.63, 3.8) is 0 Å². The highest BCUT2D eigenvalue weighted by Crippen LogP contribution is 2.15. The Balaban J connectivity index is 2.96. The summed E-state index contributed by atoms with van der Waals surface area (Å²) in [6.07, 6.45) is 0. The van der Waals surface area contributed by atoms with E-state index >= 15 is 0 Å². The summed E-state index contributed by atoms with van der Waals surface area (Å²) in [4.78, 5) is 15.0. The fraction of sp³-hybridized carbons (Fsp3) is 0.750. The molecule has 3 N–H and O–H groups in total. The smallest absolute Gasteiger partial charge is 0.229 e. The minimum Gasteiger partial charge on any atom is -0.352 e. The summed E-state index contributed by atoms with van der Waals surface area (Å²) in [5.41, 5.74) is 5.63. The molecular formula is C12H24N6. The number of nitrogens with zero attached hydrogens (tertiary/aromatic N) is 4. The largest absolute Gasteiger partial charge is 0.352 e. The second-order valence-electron chi connectivity index (χ2n) is 5.71. The quantitative estimate of drug-likeness (QED) is 0.820. The van der Waals surface area contributed by atoms with Gasteiger partial charge in [-0.05, 0) is 13.8 Å². The molecule has 0 amide bonds. The van der Waals surface area contributed by atoms with Gasteiger partial charge in [-0.25, -0.2) is 0 Å². The van der Waals surface area contributed by atoms with E-state index in [1.807, 2.05) is 32.8 Å². The van der Waals surface area contributed by atoms with E-state index in [0.717, 1.165) is 5.82 Å². The molecule has 18 heavy (non-hydrogen) atoms. The molecule has 0 spiro atoms. The monoisotopic (exact) mass is 252 g/mol. The van der Waals surface area contributed by atoms with Gasteiger partial charge in [0, 0.05) is 32.1 Å². The van der Waals surface area contributed by atoms with E-state index in [1.165, 1.54) is 0 Å². The Morgan fingerprint density at radius 1 is 1.22 bits per heavy atom. The van der Waals surface area contributed by atoms with Crippen molar-refractivity contribution in [1.29, 1.82) is 0 Å². The van der Waals surface area contributed by atoms with Gasteiger partial charge in [0.2, 0.25) is 11.9 Å². The lowest BCUT2D eigenvalue weighted by Gasteiger charge is -2.20. The van der Waals surface area contributed by atoms with Crippen LogP contribution in [0.4, 0.5) is 11.9 Å². The van der Waals surface area contributed by atoms with Gasteiger partial charge in [-0.2, -0.15) is 15.0 Å². The number of nitrogens with two attached hydrogens (primary N) is 1. The van der Waals surface area contributed by atoms with Crippen molar-refractivity contribution in [3.05, 3.63) is 5.82 Å². The van der Waals surface area contributed by atoms with Gasteiger partial charge in [0.05, 0.1) is 0 Å². The maximum Gasteiger partial charge on any atom is 0.229 e. The molecule has 0 saturated heterocycles. The number of anilines is 2. The Bertz CT molecular complexity index is 368. The molecule has 102 valence electrons. The van der Waals surface area contributed by atoms with E-state index in [9.17, 15) is 0 Å². The first-order valence-corrected chi connectivity index (χ1v) is 6.15. The average molecular weight is 252 g/mol. The zero-order chi connectivity index (χ0) is 13.9. The first-order chi connectivity index (χ1) is 8.19. The molecule has 0 aliphatic rings. The first kappa shape index (κ1) is 14.6. The molecule has 0 unspecified atom stereocenters. The van der Waals surface area contributed by atoms with Crippen molar-refractivity contribution < 1.29 is 0 Å². The zero-order valence-electron chi connectivity index (χ0n) is 12.2. The topological polar surface area (TPSA) is 80.0 Å². The number of hydrogen-bond donors (Lipinski definition) is 2. The van der Waals surface area contributed by atoms with Crippen LogP contribution in [0.25, 0.3) is 0 Å². The Morgan fingerprint density at radius 3 is 2.28 bits per heavy atom. The number of nitrogens with one attached hydrogen (secondary N) is 1. The van der Waals surface area contributed by atoms with Crippen molar-refractivity contribution in [1.82, 2.24) is 15.0 Å². The minimum atomic E-state index is -0.303. The van der Waals surface area contributed by atoms with Crippen LogP contribution >= 0.6 is 0 Å². The van der Waals surface area contributed by atoms with Crippen LogP contribution in [0.15, 0.2) is 0 Å². The predicted octanol–water partition coefficient (Wildman–Crippen LogP) is 1.21. The lowest BCUT2D eigenvalue weighted by Crippen LogP contribution is -2.40. The third kappa shape index (κ3) is 4.44. The molecule has 1 heterocycles. The Morgan fingerprint density at radius 2 is 1.83 bits per heavy atom. The van der Waals surface area contributed by atoms with E-state index < -0.39 is 0 Å². The summed E-state index contributed by atoms with van der Waals surface area (Å²) in [5.74, 6) is 2.28.